The van der Waals surface area contributed by atoms with Crippen LogP contribution in [0.15, 0.2) is 9.90 Å². The Morgan fingerprint density at radius 1 is 1.26 bits per heavy atom. The quantitative estimate of drug-likeness (QED) is 0.915. The Bertz CT molecular complexity index is 537. The number of aryl methyl sites for hydroxylation is 2. The minimum absolute atomic E-state index is 0.211. The maximum atomic E-state index is 12.1. The number of hydrogen-bond donors (Lipinski definition) is 1. The molecule has 0 radical (unpaired) electrons. The number of alkyl halides is 3. The standard InChI is InChI=1S/C10H11F3N4OS/c11-10(12,13)4-7-16-8(18-17-7)3-1-2-6-5-19-9(14)15-6/h5H,1-4H2,(H2,14,15). The summed E-state index contributed by atoms with van der Waals surface area (Å²) in [5, 5.41) is 5.64. The molecular formula is C10H11F3N4OS. The fourth-order valence-corrected chi connectivity index (χ4v) is 2.10. The van der Waals surface area contributed by atoms with Crippen molar-refractivity contribution in [2.24, 2.45) is 0 Å². The molecule has 0 aliphatic heterocycles. The van der Waals surface area contributed by atoms with E-state index in [1.807, 2.05) is 5.38 Å². The van der Waals surface area contributed by atoms with Gasteiger partial charge in [-0.25, -0.2) is 4.98 Å². The van der Waals surface area contributed by atoms with Gasteiger partial charge in [0.25, 0.3) is 0 Å². The average Bonchev–Trinajstić information content (AvgIpc) is 2.86. The van der Waals surface area contributed by atoms with Crippen molar-refractivity contribution in [2.75, 3.05) is 5.73 Å². The molecule has 0 fully saturated rings. The van der Waals surface area contributed by atoms with Gasteiger partial charge in [0.05, 0.1) is 5.69 Å². The lowest BCUT2D eigenvalue weighted by atomic mass is 10.2. The summed E-state index contributed by atoms with van der Waals surface area (Å²) in [6, 6.07) is 0. The summed E-state index contributed by atoms with van der Waals surface area (Å²) in [7, 11) is 0. The van der Waals surface area contributed by atoms with E-state index < -0.39 is 12.6 Å². The first-order chi connectivity index (χ1) is 8.92. The summed E-state index contributed by atoms with van der Waals surface area (Å²) in [6.07, 6.45) is -3.73. The molecule has 104 valence electrons. The summed E-state index contributed by atoms with van der Waals surface area (Å²) >= 11 is 1.35. The number of thiazole rings is 1. The molecule has 0 aliphatic carbocycles. The predicted molar refractivity (Wildman–Crippen MR) is 62.6 cm³/mol. The zero-order valence-corrected chi connectivity index (χ0v) is 10.6. The highest BCUT2D eigenvalue weighted by Crippen LogP contribution is 2.20. The van der Waals surface area contributed by atoms with Gasteiger partial charge >= 0.3 is 6.18 Å². The van der Waals surface area contributed by atoms with Gasteiger partial charge in [-0.1, -0.05) is 5.16 Å². The van der Waals surface area contributed by atoms with Crippen LogP contribution in [-0.2, 0) is 19.3 Å². The monoisotopic (exact) mass is 292 g/mol. The van der Waals surface area contributed by atoms with Crippen LogP contribution in [0.3, 0.4) is 0 Å². The maximum Gasteiger partial charge on any atom is 0.396 e. The van der Waals surface area contributed by atoms with Gasteiger partial charge in [-0.2, -0.15) is 18.2 Å². The Labute approximate surface area is 110 Å². The van der Waals surface area contributed by atoms with Crippen LogP contribution in [0.1, 0.15) is 23.8 Å². The number of aromatic nitrogens is 3. The van der Waals surface area contributed by atoms with E-state index in [1.165, 1.54) is 11.3 Å². The molecule has 2 rings (SSSR count). The van der Waals surface area contributed by atoms with Gasteiger partial charge in [0.1, 0.15) is 6.42 Å². The fourth-order valence-electron chi connectivity index (χ4n) is 1.50. The highest BCUT2D eigenvalue weighted by atomic mass is 32.1. The van der Waals surface area contributed by atoms with Gasteiger partial charge in [0.15, 0.2) is 11.0 Å². The lowest BCUT2D eigenvalue weighted by Crippen LogP contribution is -2.12. The smallest absolute Gasteiger partial charge is 0.375 e. The molecule has 0 bridgehead atoms. The summed E-state index contributed by atoms with van der Waals surface area (Å²) in [6.45, 7) is 0. The molecule has 0 amide bonds. The first-order valence-electron chi connectivity index (χ1n) is 5.50. The molecule has 0 aromatic carbocycles. The molecule has 0 aliphatic rings. The molecular weight excluding hydrogens is 281 g/mol. The van der Waals surface area contributed by atoms with Gasteiger partial charge in [-0.05, 0) is 12.8 Å². The molecule has 0 saturated heterocycles. The number of hydrogen-bond acceptors (Lipinski definition) is 6. The first kappa shape index (κ1) is 13.8. The van der Waals surface area contributed by atoms with E-state index in [-0.39, 0.29) is 11.7 Å². The van der Waals surface area contributed by atoms with Crippen molar-refractivity contribution >= 4 is 16.5 Å². The fraction of sp³-hybridized carbons (Fsp3) is 0.500. The molecule has 2 N–H and O–H groups in total. The molecule has 2 heterocycles. The normalized spacial score (nSPS) is 11.9. The second-order valence-electron chi connectivity index (χ2n) is 3.93. The number of nitrogen functional groups attached to an aromatic ring is 1. The predicted octanol–water partition coefficient (Wildman–Crippen LogP) is 2.39. The second kappa shape index (κ2) is 5.55. The summed E-state index contributed by atoms with van der Waals surface area (Å²) < 4.78 is 41.0. The molecule has 9 heteroatoms. The minimum Gasteiger partial charge on any atom is -0.375 e. The van der Waals surface area contributed by atoms with E-state index in [9.17, 15) is 13.2 Å². The molecule has 19 heavy (non-hydrogen) atoms. The van der Waals surface area contributed by atoms with Crippen molar-refractivity contribution in [1.29, 1.82) is 0 Å². The summed E-state index contributed by atoms with van der Waals surface area (Å²) in [5.74, 6) is -0.122. The van der Waals surface area contributed by atoms with Crippen molar-refractivity contribution in [2.45, 2.75) is 31.9 Å². The molecule has 0 saturated carbocycles. The van der Waals surface area contributed by atoms with Gasteiger partial charge in [-0.15, -0.1) is 11.3 Å². The number of rotatable bonds is 5. The first-order valence-corrected chi connectivity index (χ1v) is 6.38. The van der Waals surface area contributed by atoms with E-state index in [0.29, 0.717) is 24.4 Å². The van der Waals surface area contributed by atoms with Crippen LogP contribution < -0.4 is 5.73 Å². The van der Waals surface area contributed by atoms with Gasteiger partial charge in [0.2, 0.25) is 5.89 Å². The SMILES string of the molecule is Nc1nc(CCCc2nc(CC(F)(F)F)no2)cs1. The van der Waals surface area contributed by atoms with Crippen molar-refractivity contribution in [3.05, 3.63) is 22.8 Å². The molecule has 2 aromatic rings. The van der Waals surface area contributed by atoms with Crippen molar-refractivity contribution in [3.8, 4) is 0 Å². The largest absolute Gasteiger partial charge is 0.396 e. The van der Waals surface area contributed by atoms with Crippen LogP contribution in [0.25, 0.3) is 0 Å². The molecule has 5 nitrogen and oxygen atoms in total. The molecule has 0 atom stereocenters. The highest BCUT2D eigenvalue weighted by molar-refractivity contribution is 7.13. The van der Waals surface area contributed by atoms with Crippen LogP contribution >= 0.6 is 11.3 Å². The lowest BCUT2D eigenvalue weighted by Gasteiger charge is -1.99. The van der Waals surface area contributed by atoms with E-state index in [0.717, 1.165) is 5.69 Å². The number of halogens is 3. The Morgan fingerprint density at radius 2 is 2.05 bits per heavy atom. The molecule has 0 unspecified atom stereocenters. The number of nitrogens with zero attached hydrogens (tertiary/aromatic N) is 3. The van der Waals surface area contributed by atoms with E-state index in [4.69, 9.17) is 10.3 Å². The van der Waals surface area contributed by atoms with Crippen LogP contribution in [0.5, 0.6) is 0 Å². The third-order valence-corrected chi connectivity index (χ3v) is 2.98. The van der Waals surface area contributed by atoms with E-state index in [1.54, 1.807) is 0 Å². The Balaban J connectivity index is 1.80. The van der Waals surface area contributed by atoms with E-state index in [2.05, 4.69) is 15.1 Å². The molecule has 0 spiro atoms. The van der Waals surface area contributed by atoms with Crippen molar-refractivity contribution in [1.82, 2.24) is 15.1 Å². The number of anilines is 1. The van der Waals surface area contributed by atoms with Crippen LogP contribution in [0.2, 0.25) is 0 Å². The Hall–Kier alpha value is -1.64. The van der Waals surface area contributed by atoms with Crippen LogP contribution in [-0.4, -0.2) is 21.3 Å². The summed E-state index contributed by atoms with van der Waals surface area (Å²) in [4.78, 5) is 7.77. The Kier molecular flexibility index (Phi) is 4.03. The van der Waals surface area contributed by atoms with Gasteiger partial charge < -0.3 is 10.3 Å². The Morgan fingerprint density at radius 3 is 2.68 bits per heavy atom. The molecule has 2 aromatic heterocycles. The zero-order chi connectivity index (χ0) is 13.9. The van der Waals surface area contributed by atoms with Gasteiger partial charge in [0, 0.05) is 11.8 Å². The minimum atomic E-state index is -4.32. The average molecular weight is 292 g/mol. The second-order valence-corrected chi connectivity index (χ2v) is 4.82. The third kappa shape index (κ3) is 4.51. The summed E-state index contributed by atoms with van der Waals surface area (Å²) in [5.41, 5.74) is 6.34. The van der Waals surface area contributed by atoms with E-state index >= 15 is 0 Å². The number of nitrogens with two attached hydrogens (primary N) is 1. The van der Waals surface area contributed by atoms with Gasteiger partial charge in [-0.3, -0.25) is 0 Å². The zero-order valence-electron chi connectivity index (χ0n) is 9.78. The lowest BCUT2D eigenvalue weighted by molar-refractivity contribution is -0.128. The van der Waals surface area contributed by atoms with Crippen molar-refractivity contribution in [3.63, 3.8) is 0 Å². The van der Waals surface area contributed by atoms with Crippen LogP contribution in [0, 0.1) is 0 Å². The maximum absolute atomic E-state index is 12.1. The highest BCUT2D eigenvalue weighted by Gasteiger charge is 2.30. The third-order valence-electron chi connectivity index (χ3n) is 2.26. The topological polar surface area (TPSA) is 77.8 Å². The van der Waals surface area contributed by atoms with Crippen molar-refractivity contribution < 1.29 is 17.7 Å². The van der Waals surface area contributed by atoms with Crippen LogP contribution in [0.4, 0.5) is 18.3 Å².